The summed E-state index contributed by atoms with van der Waals surface area (Å²) in [6.45, 7) is 16.4. The van der Waals surface area contributed by atoms with E-state index in [2.05, 4.69) is 16.0 Å². The van der Waals surface area contributed by atoms with E-state index in [0.29, 0.717) is 24.0 Å². The highest BCUT2D eigenvalue weighted by Crippen LogP contribution is 2.27. The summed E-state index contributed by atoms with van der Waals surface area (Å²) in [5.74, 6) is -10.6. The van der Waals surface area contributed by atoms with E-state index in [1.54, 1.807) is 116 Å². The van der Waals surface area contributed by atoms with Crippen molar-refractivity contribution < 1.29 is 62.9 Å². The molecule has 0 bridgehead atoms. The molecule has 0 aliphatic carbocycles. The van der Waals surface area contributed by atoms with E-state index in [1.807, 2.05) is 0 Å². The van der Waals surface area contributed by atoms with Gasteiger partial charge in [-0.1, -0.05) is 116 Å². The molecule has 4 rings (SSSR count). The predicted molar refractivity (Wildman–Crippen MR) is 299 cm³/mol. The van der Waals surface area contributed by atoms with E-state index in [4.69, 9.17) is 4.74 Å². The molecule has 21 heteroatoms. The maximum absolute atomic E-state index is 15.2. The van der Waals surface area contributed by atoms with Crippen molar-refractivity contribution in [1.82, 2.24) is 40.4 Å². The third-order valence-electron chi connectivity index (χ3n) is 15.3. The van der Waals surface area contributed by atoms with Gasteiger partial charge in [0.2, 0.25) is 41.4 Å². The van der Waals surface area contributed by atoms with Crippen molar-refractivity contribution >= 4 is 59.2 Å². The third kappa shape index (κ3) is 16.8. The molecular weight excluding hydrogens is 1030 g/mol. The number of aliphatic carboxylic acids is 1. The smallest absolute Gasteiger partial charge is 0.332 e. The average molecular weight is 1120 g/mol. The van der Waals surface area contributed by atoms with Crippen molar-refractivity contribution in [3.8, 4) is 0 Å². The monoisotopic (exact) mass is 1120 g/mol. The van der Waals surface area contributed by atoms with E-state index in [1.165, 1.54) is 51.8 Å². The maximum Gasteiger partial charge on any atom is 0.332 e. The molecule has 2 aromatic rings. The van der Waals surface area contributed by atoms with Crippen molar-refractivity contribution in [2.45, 2.75) is 181 Å². The lowest BCUT2D eigenvalue weighted by molar-refractivity contribution is -0.177. The number of nitrogens with zero attached hydrogens (tertiary/aromatic N) is 5. The fraction of sp³-hybridized carbons (Fsp3) is 0.627. The summed E-state index contributed by atoms with van der Waals surface area (Å²) in [5, 5.41) is 29.9. The Morgan fingerprint density at radius 2 is 1.11 bits per heavy atom. The van der Waals surface area contributed by atoms with Gasteiger partial charge in [-0.25, -0.2) is 4.79 Å². The lowest BCUT2D eigenvalue weighted by Gasteiger charge is -2.39. The standard InChI is InChI=1S/C59H88N8O13/c1-15-37(8)48-57(77)65(13)47(36(6)7)52(72)62-42(32-38-23-18-16-19-24-38)54(74)63(11)44(33-39-25-20-17-21-26-39)56(76)67-30-22-27-43(67)50(70)60-40(28-29-45(68)69)53(73)64(12)46(35(4)5)51(71)61-41(31-34(2)3)55(75)66(14)49(58(78)80-48)59(9,10)79/h16-21,23-26,34-37,40-44,46-49,79H,15,22,27-33H2,1-14H3,(H,60,70)(H,61,71)(H,62,72)(H,68,69)/t37-,40-,41+,42+,43+,44+,46+,47+,48+,49-/m1/s1. The summed E-state index contributed by atoms with van der Waals surface area (Å²) in [6, 6.07) is 6.84. The first-order valence-electron chi connectivity index (χ1n) is 27.9. The fourth-order valence-electron chi connectivity index (χ4n) is 10.9. The molecule has 0 aromatic heterocycles. The van der Waals surface area contributed by atoms with Crippen LogP contribution in [0.5, 0.6) is 0 Å². The highest BCUT2D eigenvalue weighted by Gasteiger charge is 2.48. The fourth-order valence-corrected chi connectivity index (χ4v) is 10.9. The molecule has 8 amide bonds. The number of hydrogen-bond donors (Lipinski definition) is 5. The van der Waals surface area contributed by atoms with E-state index >= 15 is 9.59 Å². The number of hydrogen-bond acceptors (Lipinski definition) is 12. The van der Waals surface area contributed by atoms with Crippen LogP contribution in [0.25, 0.3) is 0 Å². The van der Waals surface area contributed by atoms with Crippen LogP contribution in [0.4, 0.5) is 0 Å². The zero-order valence-electron chi connectivity index (χ0n) is 49.3. The highest BCUT2D eigenvalue weighted by molar-refractivity contribution is 5.99. The molecule has 2 aliphatic rings. The summed E-state index contributed by atoms with van der Waals surface area (Å²) < 4.78 is 6.06. The summed E-state index contributed by atoms with van der Waals surface area (Å²) >= 11 is 0. The number of amides is 8. The normalized spacial score (nSPS) is 25.9. The van der Waals surface area contributed by atoms with Crippen molar-refractivity contribution in [3.63, 3.8) is 0 Å². The average Bonchev–Trinajstić information content (AvgIpc) is 3.89. The van der Waals surface area contributed by atoms with Crippen molar-refractivity contribution in [2.24, 2.45) is 23.7 Å². The number of benzene rings is 2. The Kier molecular flexibility index (Phi) is 23.8. The molecule has 0 spiro atoms. The Hall–Kier alpha value is -6.90. The molecule has 2 fully saturated rings. The van der Waals surface area contributed by atoms with Gasteiger partial charge in [0.15, 0.2) is 12.1 Å². The summed E-state index contributed by atoms with van der Waals surface area (Å²) in [6.07, 6.45) is -1.74. The Morgan fingerprint density at radius 3 is 1.60 bits per heavy atom. The van der Waals surface area contributed by atoms with Gasteiger partial charge in [0.1, 0.15) is 42.3 Å². The van der Waals surface area contributed by atoms with Crippen LogP contribution in [0.3, 0.4) is 0 Å². The number of fused-ring (bicyclic) bond motifs is 1. The molecule has 10 atom stereocenters. The largest absolute Gasteiger partial charge is 0.481 e. The molecule has 5 N–H and O–H groups in total. The zero-order chi connectivity index (χ0) is 60.1. The highest BCUT2D eigenvalue weighted by atomic mass is 16.6. The van der Waals surface area contributed by atoms with Gasteiger partial charge >= 0.3 is 11.9 Å². The Bertz CT molecular complexity index is 2500. The van der Waals surface area contributed by atoms with Crippen molar-refractivity contribution in [1.29, 1.82) is 0 Å². The SMILES string of the molecule is CC[C@@H](C)[C@@H]1OC(=O)[C@H](C(C)(C)O)N(C)C(=O)[C@H](CC(C)C)NC(=O)[C@H](C(C)C)N(C)C(=O)[C@@H](CCC(=O)O)NC(=O)[C@@H]2CCCN2C(=O)[C@H](Cc2ccccc2)N(C)C(=O)[C@H](Cc2ccccc2)NC(=O)[C@H](C(C)C)N(C)C1=O. The molecule has 2 heterocycles. The Morgan fingerprint density at radius 1 is 0.637 bits per heavy atom. The van der Waals surface area contributed by atoms with Crippen LogP contribution in [-0.2, 0) is 65.5 Å². The lowest BCUT2D eigenvalue weighted by atomic mass is 9.94. The maximum atomic E-state index is 15.2. The molecular formula is C59H88N8O13. The van der Waals surface area contributed by atoms with Gasteiger partial charge in [-0.15, -0.1) is 0 Å². The van der Waals surface area contributed by atoms with Crippen LogP contribution >= 0.6 is 0 Å². The second kappa shape index (κ2) is 29.0. The van der Waals surface area contributed by atoms with Gasteiger partial charge in [-0.3, -0.25) is 43.2 Å². The van der Waals surface area contributed by atoms with Gasteiger partial charge in [0.25, 0.3) is 5.91 Å². The third-order valence-corrected chi connectivity index (χ3v) is 15.3. The number of carboxylic acid groups (broad SMARTS) is 1. The van der Waals surface area contributed by atoms with Crippen LogP contribution in [-0.4, -0.2) is 189 Å². The van der Waals surface area contributed by atoms with Gasteiger partial charge < -0.3 is 55.4 Å². The van der Waals surface area contributed by atoms with Crippen molar-refractivity contribution in [2.75, 3.05) is 34.7 Å². The number of aliphatic hydroxyl groups is 1. The van der Waals surface area contributed by atoms with Crippen molar-refractivity contribution in [3.05, 3.63) is 71.8 Å². The number of ether oxygens (including phenoxy) is 1. The number of carbonyl (C=O) groups excluding carboxylic acids is 9. The summed E-state index contributed by atoms with van der Waals surface area (Å²) in [5.41, 5.74) is -0.682. The number of nitrogens with one attached hydrogen (secondary N) is 3. The molecule has 0 radical (unpaired) electrons. The molecule has 21 nitrogen and oxygen atoms in total. The lowest BCUT2D eigenvalue weighted by Crippen LogP contribution is -2.62. The van der Waals surface area contributed by atoms with Crippen LogP contribution in [0, 0.1) is 23.7 Å². The van der Waals surface area contributed by atoms with Gasteiger partial charge in [-0.2, -0.15) is 0 Å². The molecule has 2 saturated heterocycles. The first-order chi connectivity index (χ1) is 37.4. The second-order valence-electron chi connectivity index (χ2n) is 23.3. The van der Waals surface area contributed by atoms with E-state index in [-0.39, 0.29) is 38.1 Å². The molecule has 2 aliphatic heterocycles. The Balaban J connectivity index is 1.98. The molecule has 442 valence electrons. The number of cyclic esters (lactones) is 1. The van der Waals surface area contributed by atoms with E-state index < -0.39 is 150 Å². The summed E-state index contributed by atoms with van der Waals surface area (Å²) in [4.78, 5) is 151. The number of likely N-dealkylation sites (N-methyl/N-ethyl adjacent to an activating group) is 4. The molecule has 0 saturated carbocycles. The number of esters is 1. The second-order valence-corrected chi connectivity index (χ2v) is 23.3. The number of rotatable bonds is 14. The van der Waals surface area contributed by atoms with Crippen LogP contribution in [0.1, 0.15) is 119 Å². The van der Waals surface area contributed by atoms with Crippen LogP contribution < -0.4 is 16.0 Å². The quantitative estimate of drug-likeness (QED) is 0.170. The number of carboxylic acids is 1. The van der Waals surface area contributed by atoms with Gasteiger partial charge in [0.05, 0.1) is 5.60 Å². The summed E-state index contributed by atoms with van der Waals surface area (Å²) in [7, 11) is 5.41. The first kappa shape index (κ1) is 65.6. The molecule has 0 unspecified atom stereocenters. The number of carbonyl (C=O) groups is 10. The predicted octanol–water partition coefficient (Wildman–Crippen LogP) is 3.19. The minimum atomic E-state index is -2.01. The van der Waals surface area contributed by atoms with Gasteiger partial charge in [-0.05, 0) is 74.8 Å². The zero-order valence-corrected chi connectivity index (χ0v) is 49.3. The first-order valence-corrected chi connectivity index (χ1v) is 27.9. The van der Waals surface area contributed by atoms with E-state index in [0.717, 1.165) is 14.7 Å². The molecule has 80 heavy (non-hydrogen) atoms. The molecule has 2 aromatic carbocycles. The van der Waals surface area contributed by atoms with E-state index in [9.17, 15) is 48.6 Å². The minimum Gasteiger partial charge on any atom is -0.481 e. The minimum absolute atomic E-state index is 0.0166. The van der Waals surface area contributed by atoms with Crippen LogP contribution in [0.15, 0.2) is 60.7 Å². The van der Waals surface area contributed by atoms with Gasteiger partial charge in [0, 0.05) is 59.9 Å². The topological polar surface area (TPSA) is 273 Å². The Labute approximate surface area is 471 Å². The van der Waals surface area contributed by atoms with Crippen LogP contribution in [0.2, 0.25) is 0 Å².